The smallest absolute Gasteiger partial charge is 0.0318 e. The van der Waals surface area contributed by atoms with Crippen molar-refractivity contribution in [1.82, 2.24) is 0 Å². The Labute approximate surface area is 114 Å². The van der Waals surface area contributed by atoms with Crippen LogP contribution < -0.4 is 0 Å². The molecular weight excluding hydrogens is 216 g/mol. The van der Waals surface area contributed by atoms with Crippen molar-refractivity contribution in [2.75, 3.05) is 0 Å². The molecule has 4 unspecified atom stereocenters. The molecule has 0 amide bonds. The van der Waals surface area contributed by atoms with Crippen LogP contribution in [-0.2, 0) is 0 Å². The SMILES string of the molecule is CCC1CC(CC)C2C1C1C(CC)CC(CC)C21. The van der Waals surface area contributed by atoms with E-state index in [2.05, 4.69) is 27.7 Å². The number of fused-ring (bicyclic) bond motifs is 4. The Balaban J connectivity index is 1.84. The topological polar surface area (TPSA) is 0 Å². The first-order valence-corrected chi connectivity index (χ1v) is 8.76. The van der Waals surface area contributed by atoms with Crippen molar-refractivity contribution >= 4 is 0 Å². The van der Waals surface area contributed by atoms with Crippen molar-refractivity contribution in [3.05, 3.63) is 0 Å². The molecule has 3 saturated carbocycles. The van der Waals surface area contributed by atoms with E-state index in [9.17, 15) is 0 Å². The summed E-state index contributed by atoms with van der Waals surface area (Å²) >= 11 is 0. The van der Waals surface area contributed by atoms with Crippen LogP contribution in [0.5, 0.6) is 0 Å². The van der Waals surface area contributed by atoms with Gasteiger partial charge in [-0.25, -0.2) is 0 Å². The van der Waals surface area contributed by atoms with E-state index in [0.717, 1.165) is 47.3 Å². The zero-order valence-electron chi connectivity index (χ0n) is 12.9. The van der Waals surface area contributed by atoms with E-state index < -0.39 is 0 Å². The normalized spacial score (nSPS) is 54.0. The van der Waals surface area contributed by atoms with Gasteiger partial charge in [-0.2, -0.15) is 0 Å². The lowest BCUT2D eigenvalue weighted by Gasteiger charge is -2.53. The predicted molar refractivity (Wildman–Crippen MR) is 78.3 cm³/mol. The summed E-state index contributed by atoms with van der Waals surface area (Å²) in [6, 6.07) is 0. The van der Waals surface area contributed by atoms with E-state index in [4.69, 9.17) is 0 Å². The molecule has 0 aromatic rings. The molecular formula is C18H32. The molecule has 0 radical (unpaired) electrons. The number of hydrogen-bond acceptors (Lipinski definition) is 0. The third-order valence-corrected chi connectivity index (χ3v) is 7.26. The van der Waals surface area contributed by atoms with Gasteiger partial charge in [0.15, 0.2) is 0 Å². The average molecular weight is 248 g/mol. The van der Waals surface area contributed by atoms with Crippen LogP contribution in [0.1, 0.15) is 66.2 Å². The Morgan fingerprint density at radius 2 is 0.722 bits per heavy atom. The first-order valence-electron chi connectivity index (χ1n) is 8.76. The van der Waals surface area contributed by atoms with Gasteiger partial charge in [0.1, 0.15) is 0 Å². The lowest BCUT2D eigenvalue weighted by molar-refractivity contribution is -0.0577. The fourth-order valence-corrected chi connectivity index (χ4v) is 6.56. The van der Waals surface area contributed by atoms with Gasteiger partial charge in [-0.05, 0) is 60.2 Å². The predicted octanol–water partition coefficient (Wildman–Crippen LogP) is 5.38. The molecule has 0 N–H and O–H groups in total. The largest absolute Gasteiger partial charge is 0.0651 e. The van der Waals surface area contributed by atoms with Crippen molar-refractivity contribution in [3.63, 3.8) is 0 Å². The molecule has 0 nitrogen and oxygen atoms in total. The molecule has 3 fully saturated rings. The lowest BCUT2D eigenvalue weighted by Crippen LogP contribution is -2.49. The molecule has 0 bridgehead atoms. The maximum atomic E-state index is 2.44. The van der Waals surface area contributed by atoms with E-state index in [-0.39, 0.29) is 0 Å². The summed E-state index contributed by atoms with van der Waals surface area (Å²) in [5.41, 5.74) is 0. The summed E-state index contributed by atoms with van der Waals surface area (Å²) in [7, 11) is 0. The molecule has 0 heterocycles. The average Bonchev–Trinajstić information content (AvgIpc) is 2.85. The second-order valence-electron chi connectivity index (χ2n) is 7.45. The Morgan fingerprint density at radius 1 is 0.500 bits per heavy atom. The molecule has 0 saturated heterocycles. The van der Waals surface area contributed by atoms with E-state index >= 15 is 0 Å². The standard InChI is InChI=1S/C18H32/c1-5-11-9-12(6-2)16-15(11)17-13(7-3)10-14(8-4)18(16)17/h11-18H,5-10H2,1-4H3. The van der Waals surface area contributed by atoms with E-state index in [1.165, 1.54) is 25.7 Å². The number of rotatable bonds is 4. The Kier molecular flexibility index (Phi) is 3.49. The summed E-state index contributed by atoms with van der Waals surface area (Å²) in [6.07, 6.45) is 8.95. The zero-order valence-corrected chi connectivity index (χ0v) is 12.9. The summed E-state index contributed by atoms with van der Waals surface area (Å²) in [4.78, 5) is 0. The van der Waals surface area contributed by atoms with Gasteiger partial charge in [0.2, 0.25) is 0 Å². The van der Waals surface area contributed by atoms with E-state index in [0.29, 0.717) is 0 Å². The highest BCUT2D eigenvalue weighted by Gasteiger charge is 2.65. The van der Waals surface area contributed by atoms with Crippen molar-refractivity contribution in [3.8, 4) is 0 Å². The van der Waals surface area contributed by atoms with Crippen molar-refractivity contribution in [1.29, 1.82) is 0 Å². The van der Waals surface area contributed by atoms with Crippen LogP contribution in [0.4, 0.5) is 0 Å². The molecule has 18 heavy (non-hydrogen) atoms. The highest BCUT2D eigenvalue weighted by molar-refractivity contribution is 5.12. The quantitative estimate of drug-likeness (QED) is 0.627. The highest BCUT2D eigenvalue weighted by Crippen LogP contribution is 2.70. The van der Waals surface area contributed by atoms with Crippen LogP contribution in [-0.4, -0.2) is 0 Å². The molecule has 0 aliphatic heterocycles. The van der Waals surface area contributed by atoms with Gasteiger partial charge < -0.3 is 0 Å². The second kappa shape index (κ2) is 4.84. The van der Waals surface area contributed by atoms with Gasteiger partial charge in [-0.3, -0.25) is 0 Å². The van der Waals surface area contributed by atoms with Gasteiger partial charge >= 0.3 is 0 Å². The van der Waals surface area contributed by atoms with Crippen molar-refractivity contribution in [2.24, 2.45) is 47.3 Å². The lowest BCUT2D eigenvalue weighted by atomic mass is 9.52. The molecule has 0 aromatic carbocycles. The summed E-state index contributed by atoms with van der Waals surface area (Å²) in [5.74, 6) is 8.93. The maximum absolute atomic E-state index is 2.44. The monoisotopic (exact) mass is 248 g/mol. The summed E-state index contributed by atoms with van der Waals surface area (Å²) in [6.45, 7) is 9.78. The highest BCUT2D eigenvalue weighted by atomic mass is 14.7. The molecule has 3 aliphatic rings. The van der Waals surface area contributed by atoms with Gasteiger partial charge in [0.25, 0.3) is 0 Å². The van der Waals surface area contributed by atoms with E-state index in [1.807, 2.05) is 0 Å². The molecule has 3 aliphatic carbocycles. The minimum Gasteiger partial charge on any atom is -0.0651 e. The Bertz CT molecular complexity index is 228. The van der Waals surface area contributed by atoms with Gasteiger partial charge in [-0.15, -0.1) is 0 Å². The Morgan fingerprint density at radius 3 is 0.889 bits per heavy atom. The summed E-state index contributed by atoms with van der Waals surface area (Å²) in [5, 5.41) is 0. The van der Waals surface area contributed by atoms with Gasteiger partial charge in [-0.1, -0.05) is 53.4 Å². The van der Waals surface area contributed by atoms with Gasteiger partial charge in [0, 0.05) is 0 Å². The molecule has 0 heteroatoms. The van der Waals surface area contributed by atoms with Crippen LogP contribution in [0, 0.1) is 47.3 Å². The second-order valence-corrected chi connectivity index (χ2v) is 7.45. The maximum Gasteiger partial charge on any atom is -0.0318 e. The fraction of sp³-hybridized carbons (Fsp3) is 1.00. The first-order chi connectivity index (χ1) is 8.76. The van der Waals surface area contributed by atoms with Crippen molar-refractivity contribution in [2.45, 2.75) is 66.2 Å². The van der Waals surface area contributed by atoms with E-state index in [1.54, 1.807) is 12.8 Å². The first kappa shape index (κ1) is 13.0. The minimum atomic E-state index is 1.09. The minimum absolute atomic E-state index is 1.09. The molecule has 104 valence electrons. The van der Waals surface area contributed by atoms with Crippen LogP contribution in [0.2, 0.25) is 0 Å². The van der Waals surface area contributed by atoms with Crippen molar-refractivity contribution < 1.29 is 0 Å². The molecule has 4 atom stereocenters. The number of hydrogen-bond donors (Lipinski definition) is 0. The zero-order chi connectivity index (χ0) is 12.9. The third kappa shape index (κ3) is 1.56. The summed E-state index contributed by atoms with van der Waals surface area (Å²) < 4.78 is 0. The Hall–Kier alpha value is 0. The van der Waals surface area contributed by atoms with Crippen LogP contribution >= 0.6 is 0 Å². The molecule has 3 rings (SSSR count). The fourth-order valence-electron chi connectivity index (χ4n) is 6.56. The molecule has 0 aromatic heterocycles. The van der Waals surface area contributed by atoms with Crippen LogP contribution in [0.15, 0.2) is 0 Å². The van der Waals surface area contributed by atoms with Gasteiger partial charge in [0.05, 0.1) is 0 Å². The molecule has 0 spiro atoms. The van der Waals surface area contributed by atoms with Crippen LogP contribution in [0.3, 0.4) is 0 Å². The third-order valence-electron chi connectivity index (χ3n) is 7.26. The van der Waals surface area contributed by atoms with Crippen LogP contribution in [0.25, 0.3) is 0 Å².